The van der Waals surface area contributed by atoms with Crippen molar-refractivity contribution in [3.63, 3.8) is 0 Å². The molecular formula is C11H16N3OS+. The van der Waals surface area contributed by atoms with Crippen molar-refractivity contribution in [1.82, 2.24) is 10.7 Å². The molecule has 0 amide bonds. The lowest BCUT2D eigenvalue weighted by Crippen LogP contribution is -2.82. The average molecular weight is 238 g/mol. The van der Waals surface area contributed by atoms with Gasteiger partial charge in [0.25, 0.3) is 0 Å². The van der Waals surface area contributed by atoms with Crippen LogP contribution in [0.1, 0.15) is 12.5 Å². The minimum Gasteiger partial charge on any atom is -0.493 e. The summed E-state index contributed by atoms with van der Waals surface area (Å²) in [6.45, 7) is 2.60. The van der Waals surface area contributed by atoms with E-state index in [0.29, 0.717) is 11.7 Å². The highest BCUT2D eigenvalue weighted by Gasteiger charge is 2.01. The first-order valence-corrected chi connectivity index (χ1v) is 5.47. The summed E-state index contributed by atoms with van der Waals surface area (Å²) in [5.74, 6) is 0.842. The topological polar surface area (TPSA) is 47.3 Å². The first-order chi connectivity index (χ1) is 7.77. The van der Waals surface area contributed by atoms with Gasteiger partial charge in [0.2, 0.25) is 11.3 Å². The van der Waals surface area contributed by atoms with E-state index in [4.69, 9.17) is 17.0 Å². The fourth-order valence-electron chi connectivity index (χ4n) is 1.13. The van der Waals surface area contributed by atoms with Crippen LogP contribution in [0.2, 0.25) is 0 Å². The minimum atomic E-state index is 0.533. The number of nitrogens with one attached hydrogen (secondary N) is 3. The summed E-state index contributed by atoms with van der Waals surface area (Å²) in [6.07, 6.45) is 1.80. The summed E-state index contributed by atoms with van der Waals surface area (Å²) >= 11 is 4.92. The largest absolute Gasteiger partial charge is 0.493 e. The van der Waals surface area contributed by atoms with E-state index in [0.717, 1.165) is 11.3 Å². The Hall–Kier alpha value is -1.62. The Balaban J connectivity index is 2.68. The van der Waals surface area contributed by atoms with Crippen LogP contribution in [0, 0.1) is 0 Å². The molecule has 0 fully saturated rings. The summed E-state index contributed by atoms with van der Waals surface area (Å²) in [5.41, 5.74) is 3.78. The summed E-state index contributed by atoms with van der Waals surface area (Å²) < 4.78 is 5.47. The van der Waals surface area contributed by atoms with Crippen molar-refractivity contribution < 1.29 is 9.84 Å². The number of rotatable bonds is 4. The number of hydrazone groups is 1. The molecule has 1 aromatic rings. The standard InChI is InChI=1S/C11H15N3OS/c1-3-15-10-7-5-4-6-9(10)8-13-14-11(16)12-2/h4-8H,3H2,1-2H3,(H2,12,14,16)/p+1. The molecule has 0 aliphatic rings. The molecule has 0 atom stereocenters. The summed E-state index contributed by atoms with van der Waals surface area (Å²) in [7, 11) is 1.76. The van der Waals surface area contributed by atoms with Crippen LogP contribution in [0.3, 0.4) is 0 Å². The van der Waals surface area contributed by atoms with Crippen LogP contribution in [0.5, 0.6) is 5.75 Å². The third-order valence-corrected chi connectivity index (χ3v) is 2.17. The van der Waals surface area contributed by atoms with E-state index in [1.54, 1.807) is 13.3 Å². The molecule has 16 heavy (non-hydrogen) atoms. The molecule has 5 heteroatoms. The molecule has 0 aliphatic carbocycles. The average Bonchev–Trinajstić information content (AvgIpc) is 2.31. The van der Waals surface area contributed by atoms with E-state index in [1.807, 2.05) is 31.2 Å². The van der Waals surface area contributed by atoms with Gasteiger partial charge in [-0.1, -0.05) is 12.1 Å². The number of hydrogen-bond donors (Lipinski definition) is 3. The number of hydrogen-bond acceptors (Lipinski definition) is 2. The van der Waals surface area contributed by atoms with Crippen molar-refractivity contribution >= 4 is 23.5 Å². The quantitative estimate of drug-likeness (QED) is 0.379. The van der Waals surface area contributed by atoms with E-state index < -0.39 is 0 Å². The Labute approximate surface area is 101 Å². The Bertz CT molecular complexity index is 379. The second kappa shape index (κ2) is 6.79. The van der Waals surface area contributed by atoms with Crippen molar-refractivity contribution in [2.45, 2.75) is 6.92 Å². The minimum absolute atomic E-state index is 0.533. The molecule has 86 valence electrons. The van der Waals surface area contributed by atoms with E-state index in [9.17, 15) is 0 Å². The van der Waals surface area contributed by atoms with Gasteiger partial charge in [0.1, 0.15) is 5.75 Å². The third-order valence-electron chi connectivity index (χ3n) is 1.86. The zero-order chi connectivity index (χ0) is 11.8. The van der Waals surface area contributed by atoms with E-state index in [-0.39, 0.29) is 0 Å². The predicted molar refractivity (Wildman–Crippen MR) is 68.5 cm³/mol. The van der Waals surface area contributed by atoms with Gasteiger partial charge in [-0.3, -0.25) is 0 Å². The highest BCUT2D eigenvalue weighted by Crippen LogP contribution is 2.14. The monoisotopic (exact) mass is 238 g/mol. The van der Waals surface area contributed by atoms with E-state index in [1.165, 1.54) is 0 Å². The van der Waals surface area contributed by atoms with Gasteiger partial charge >= 0.3 is 0 Å². The van der Waals surface area contributed by atoms with Crippen molar-refractivity contribution in [2.24, 2.45) is 0 Å². The molecular weight excluding hydrogens is 222 g/mol. The number of benzene rings is 1. The zero-order valence-electron chi connectivity index (χ0n) is 9.41. The normalized spacial score (nSPS) is 10.1. The second-order valence-corrected chi connectivity index (χ2v) is 3.37. The molecule has 0 aliphatic heterocycles. The van der Waals surface area contributed by atoms with Crippen LogP contribution in [0.4, 0.5) is 0 Å². The van der Waals surface area contributed by atoms with Crippen molar-refractivity contribution in [1.29, 1.82) is 0 Å². The SMILES string of the molecule is CCOc1ccccc1C=[NH+]NC(=S)NC. The Morgan fingerprint density at radius 3 is 2.94 bits per heavy atom. The molecule has 0 bridgehead atoms. The van der Waals surface area contributed by atoms with Crippen LogP contribution < -0.4 is 20.6 Å². The first-order valence-electron chi connectivity index (χ1n) is 5.06. The summed E-state index contributed by atoms with van der Waals surface area (Å²) in [6, 6.07) is 7.77. The van der Waals surface area contributed by atoms with Gasteiger partial charge in [-0.2, -0.15) is 0 Å². The second-order valence-electron chi connectivity index (χ2n) is 2.96. The molecule has 1 aromatic carbocycles. The zero-order valence-corrected chi connectivity index (χ0v) is 10.2. The van der Waals surface area contributed by atoms with Crippen LogP contribution in [-0.4, -0.2) is 25.0 Å². The van der Waals surface area contributed by atoms with Gasteiger partial charge in [0.15, 0.2) is 0 Å². The van der Waals surface area contributed by atoms with Crippen molar-refractivity contribution in [3.05, 3.63) is 29.8 Å². The van der Waals surface area contributed by atoms with Crippen molar-refractivity contribution in [2.75, 3.05) is 13.7 Å². The van der Waals surface area contributed by atoms with Crippen LogP contribution >= 0.6 is 12.2 Å². The van der Waals surface area contributed by atoms with Gasteiger partial charge in [0.05, 0.1) is 12.2 Å². The van der Waals surface area contributed by atoms with Gasteiger partial charge in [-0.15, -0.1) is 10.5 Å². The first kappa shape index (κ1) is 12.4. The molecule has 0 saturated carbocycles. The van der Waals surface area contributed by atoms with E-state index in [2.05, 4.69) is 15.8 Å². The lowest BCUT2D eigenvalue weighted by Gasteiger charge is -2.03. The number of para-hydroxylation sites is 1. The Kier molecular flexibility index (Phi) is 5.28. The highest BCUT2D eigenvalue weighted by atomic mass is 32.1. The fraction of sp³-hybridized carbons (Fsp3) is 0.273. The number of thiocarbonyl (C=S) groups is 1. The van der Waals surface area contributed by atoms with Gasteiger partial charge in [-0.05, 0) is 31.3 Å². The molecule has 1 rings (SSSR count). The maximum absolute atomic E-state index is 5.47. The third kappa shape index (κ3) is 3.86. The number of ether oxygens (including phenoxy) is 1. The molecule has 0 aromatic heterocycles. The molecule has 4 nitrogen and oxygen atoms in total. The summed E-state index contributed by atoms with van der Waals surface area (Å²) in [5, 5.41) is 6.22. The molecule has 0 unspecified atom stereocenters. The smallest absolute Gasteiger partial charge is 0.223 e. The Morgan fingerprint density at radius 2 is 2.25 bits per heavy atom. The number of hydrazine groups is 1. The van der Waals surface area contributed by atoms with E-state index >= 15 is 0 Å². The lowest BCUT2D eigenvalue weighted by atomic mass is 10.2. The van der Waals surface area contributed by atoms with Crippen molar-refractivity contribution in [3.8, 4) is 5.75 Å². The van der Waals surface area contributed by atoms with Gasteiger partial charge in [-0.25, -0.2) is 0 Å². The van der Waals surface area contributed by atoms with Crippen LogP contribution in [-0.2, 0) is 0 Å². The molecule has 0 heterocycles. The fourth-order valence-corrected chi connectivity index (χ4v) is 1.19. The molecule has 3 N–H and O–H groups in total. The Morgan fingerprint density at radius 1 is 1.50 bits per heavy atom. The predicted octanol–water partition coefficient (Wildman–Crippen LogP) is -0.406. The maximum Gasteiger partial charge on any atom is 0.223 e. The lowest BCUT2D eigenvalue weighted by molar-refractivity contribution is -0.500. The molecule has 0 radical (unpaired) electrons. The maximum atomic E-state index is 5.47. The summed E-state index contributed by atoms with van der Waals surface area (Å²) in [4.78, 5) is 0. The molecule has 0 spiro atoms. The van der Waals surface area contributed by atoms with Gasteiger partial charge < -0.3 is 10.1 Å². The van der Waals surface area contributed by atoms with Gasteiger partial charge in [0, 0.05) is 7.05 Å². The highest BCUT2D eigenvalue weighted by molar-refractivity contribution is 7.80. The van der Waals surface area contributed by atoms with Crippen LogP contribution in [0.15, 0.2) is 24.3 Å². The van der Waals surface area contributed by atoms with Crippen LogP contribution in [0.25, 0.3) is 0 Å². The molecule has 0 saturated heterocycles.